The second-order valence-corrected chi connectivity index (χ2v) is 4.48. The van der Waals surface area contributed by atoms with Gasteiger partial charge in [0.2, 0.25) is 5.91 Å². The molecule has 4 heteroatoms. The molecule has 1 rings (SSSR count). The van der Waals surface area contributed by atoms with Crippen LogP contribution in [0.25, 0.3) is 0 Å². The van der Waals surface area contributed by atoms with Crippen LogP contribution in [0.2, 0.25) is 0 Å². The Morgan fingerprint density at radius 1 is 1.65 bits per heavy atom. The Morgan fingerprint density at radius 2 is 2.35 bits per heavy atom. The highest BCUT2D eigenvalue weighted by molar-refractivity contribution is 5.95. The lowest BCUT2D eigenvalue weighted by Crippen LogP contribution is -2.32. The number of aromatic nitrogens is 2. The Hall–Kier alpha value is -1.58. The van der Waals surface area contributed by atoms with E-state index in [2.05, 4.69) is 22.1 Å². The van der Waals surface area contributed by atoms with Crippen LogP contribution in [-0.2, 0) is 11.2 Å². The first kappa shape index (κ1) is 13.5. The molecule has 1 aromatic heterocycles. The Kier molecular flexibility index (Phi) is 4.49. The van der Waals surface area contributed by atoms with Crippen molar-refractivity contribution in [1.29, 1.82) is 0 Å². The van der Waals surface area contributed by atoms with Crippen LogP contribution < -0.4 is 5.32 Å². The predicted molar refractivity (Wildman–Crippen MR) is 69.8 cm³/mol. The number of nitrogens with zero attached hydrogens (tertiary/aromatic N) is 1. The van der Waals surface area contributed by atoms with E-state index in [1.165, 1.54) is 0 Å². The number of allylic oxidation sites excluding steroid dienone is 1. The molecular weight excluding hydrogens is 214 g/mol. The zero-order valence-electron chi connectivity index (χ0n) is 10.8. The number of nitrogens with one attached hydrogen (secondary N) is 2. The zero-order chi connectivity index (χ0) is 12.9. The number of hydrogen-bond acceptors (Lipinski definition) is 2. The van der Waals surface area contributed by atoms with Crippen LogP contribution in [0.4, 0.5) is 5.69 Å². The Balaban J connectivity index is 2.80. The van der Waals surface area contributed by atoms with Crippen LogP contribution >= 0.6 is 0 Å². The summed E-state index contributed by atoms with van der Waals surface area (Å²) in [5.74, 6) is 0.0241. The van der Waals surface area contributed by atoms with Crippen LogP contribution in [0.5, 0.6) is 0 Å². The van der Waals surface area contributed by atoms with Gasteiger partial charge in [0, 0.05) is 5.41 Å². The molecule has 2 N–H and O–H groups in total. The van der Waals surface area contributed by atoms with Crippen molar-refractivity contribution in [2.75, 3.05) is 5.32 Å². The number of rotatable bonds is 6. The summed E-state index contributed by atoms with van der Waals surface area (Å²) >= 11 is 0. The van der Waals surface area contributed by atoms with Crippen LogP contribution in [0.1, 0.15) is 39.3 Å². The number of carbonyl (C=O) groups excluding carboxylic acids is 1. The van der Waals surface area contributed by atoms with E-state index in [0.717, 1.165) is 24.2 Å². The van der Waals surface area contributed by atoms with E-state index in [1.54, 1.807) is 12.3 Å². The van der Waals surface area contributed by atoms with Crippen molar-refractivity contribution in [1.82, 2.24) is 10.2 Å². The highest BCUT2D eigenvalue weighted by Gasteiger charge is 2.30. The second kappa shape index (κ2) is 5.66. The summed E-state index contributed by atoms with van der Waals surface area (Å²) < 4.78 is 0. The SMILES string of the molecule is C=CCC(C)(CC)C(=O)Nc1cn[nH]c1CC. The molecule has 17 heavy (non-hydrogen) atoms. The summed E-state index contributed by atoms with van der Waals surface area (Å²) in [5, 5.41) is 9.75. The summed E-state index contributed by atoms with van der Waals surface area (Å²) in [6, 6.07) is 0. The van der Waals surface area contributed by atoms with E-state index < -0.39 is 5.41 Å². The second-order valence-electron chi connectivity index (χ2n) is 4.48. The highest BCUT2D eigenvalue weighted by atomic mass is 16.2. The molecule has 0 bridgehead atoms. The molecule has 1 unspecified atom stereocenters. The molecule has 0 aliphatic rings. The minimum Gasteiger partial charge on any atom is -0.323 e. The smallest absolute Gasteiger partial charge is 0.230 e. The average molecular weight is 235 g/mol. The summed E-state index contributed by atoms with van der Waals surface area (Å²) in [4.78, 5) is 12.2. The van der Waals surface area contributed by atoms with Gasteiger partial charge >= 0.3 is 0 Å². The van der Waals surface area contributed by atoms with E-state index in [9.17, 15) is 4.79 Å². The largest absolute Gasteiger partial charge is 0.323 e. The molecule has 94 valence electrons. The van der Waals surface area contributed by atoms with Crippen molar-refractivity contribution in [3.63, 3.8) is 0 Å². The highest BCUT2D eigenvalue weighted by Crippen LogP contribution is 2.28. The van der Waals surface area contributed by atoms with Crippen molar-refractivity contribution in [3.05, 3.63) is 24.5 Å². The summed E-state index contributed by atoms with van der Waals surface area (Å²) in [5.41, 5.74) is 1.33. The topological polar surface area (TPSA) is 57.8 Å². The lowest BCUT2D eigenvalue weighted by Gasteiger charge is -2.25. The van der Waals surface area contributed by atoms with Crippen molar-refractivity contribution >= 4 is 11.6 Å². The van der Waals surface area contributed by atoms with Gasteiger partial charge in [-0.25, -0.2) is 0 Å². The molecule has 0 aliphatic heterocycles. The maximum absolute atomic E-state index is 12.2. The fourth-order valence-corrected chi connectivity index (χ4v) is 1.68. The number of carbonyl (C=O) groups is 1. The first-order valence-corrected chi connectivity index (χ1v) is 6.02. The lowest BCUT2D eigenvalue weighted by molar-refractivity contribution is -0.124. The fourth-order valence-electron chi connectivity index (χ4n) is 1.68. The summed E-state index contributed by atoms with van der Waals surface area (Å²) in [6.07, 6.45) is 5.72. The fraction of sp³-hybridized carbons (Fsp3) is 0.538. The van der Waals surface area contributed by atoms with Gasteiger partial charge in [0.15, 0.2) is 0 Å². The number of aromatic amines is 1. The van der Waals surface area contributed by atoms with Gasteiger partial charge in [-0.1, -0.05) is 26.8 Å². The van der Waals surface area contributed by atoms with Crippen LogP contribution in [0, 0.1) is 5.41 Å². The van der Waals surface area contributed by atoms with Crippen molar-refractivity contribution < 1.29 is 4.79 Å². The lowest BCUT2D eigenvalue weighted by atomic mass is 9.83. The first-order valence-electron chi connectivity index (χ1n) is 6.02. The third kappa shape index (κ3) is 2.96. The Labute approximate surface area is 102 Å². The van der Waals surface area contributed by atoms with Gasteiger partial charge in [-0.05, 0) is 19.3 Å². The Bertz CT molecular complexity index is 397. The van der Waals surface area contributed by atoms with Crippen LogP contribution in [0.15, 0.2) is 18.9 Å². The minimum absolute atomic E-state index is 0.0241. The monoisotopic (exact) mass is 235 g/mol. The van der Waals surface area contributed by atoms with Gasteiger partial charge in [0.1, 0.15) is 0 Å². The predicted octanol–water partition coefficient (Wildman–Crippen LogP) is 2.90. The minimum atomic E-state index is -0.399. The van der Waals surface area contributed by atoms with Crippen molar-refractivity contribution in [3.8, 4) is 0 Å². The molecule has 0 saturated heterocycles. The molecule has 1 amide bonds. The standard InChI is InChI=1S/C13H21N3O/c1-5-8-13(4,7-3)12(17)15-11-9-14-16-10(11)6-2/h5,9H,1,6-8H2,2-4H3,(H,14,16)(H,15,17). The van der Waals surface area contributed by atoms with E-state index >= 15 is 0 Å². The molecule has 0 fully saturated rings. The molecule has 4 nitrogen and oxygen atoms in total. The number of H-pyrrole nitrogens is 1. The van der Waals surface area contributed by atoms with Gasteiger partial charge in [-0.2, -0.15) is 5.10 Å². The summed E-state index contributed by atoms with van der Waals surface area (Å²) in [6.45, 7) is 9.70. The average Bonchev–Trinajstić information content (AvgIpc) is 2.76. The molecule has 1 aromatic rings. The number of amides is 1. The Morgan fingerprint density at radius 3 is 2.88 bits per heavy atom. The quantitative estimate of drug-likeness (QED) is 0.745. The van der Waals surface area contributed by atoms with E-state index in [-0.39, 0.29) is 5.91 Å². The zero-order valence-corrected chi connectivity index (χ0v) is 10.8. The van der Waals surface area contributed by atoms with Gasteiger partial charge in [-0.3, -0.25) is 9.89 Å². The number of anilines is 1. The van der Waals surface area contributed by atoms with Crippen LogP contribution in [0.3, 0.4) is 0 Å². The molecule has 0 radical (unpaired) electrons. The molecule has 0 aliphatic carbocycles. The van der Waals surface area contributed by atoms with E-state index in [0.29, 0.717) is 6.42 Å². The van der Waals surface area contributed by atoms with Gasteiger partial charge in [0.05, 0.1) is 17.6 Å². The maximum Gasteiger partial charge on any atom is 0.230 e. The number of aryl methyl sites for hydroxylation is 1. The molecule has 1 heterocycles. The van der Waals surface area contributed by atoms with Gasteiger partial charge < -0.3 is 5.32 Å². The normalized spacial score (nSPS) is 14.1. The molecule has 0 spiro atoms. The molecule has 0 saturated carbocycles. The third-order valence-electron chi connectivity index (χ3n) is 3.24. The molecular formula is C13H21N3O. The third-order valence-corrected chi connectivity index (χ3v) is 3.24. The van der Waals surface area contributed by atoms with Crippen LogP contribution in [-0.4, -0.2) is 16.1 Å². The maximum atomic E-state index is 12.2. The summed E-state index contributed by atoms with van der Waals surface area (Å²) in [7, 11) is 0. The van der Waals surface area contributed by atoms with E-state index in [4.69, 9.17) is 0 Å². The first-order chi connectivity index (χ1) is 8.07. The molecule has 0 aromatic carbocycles. The van der Waals surface area contributed by atoms with Gasteiger partial charge in [-0.15, -0.1) is 6.58 Å². The van der Waals surface area contributed by atoms with Gasteiger partial charge in [0.25, 0.3) is 0 Å². The number of hydrogen-bond donors (Lipinski definition) is 2. The van der Waals surface area contributed by atoms with Crippen molar-refractivity contribution in [2.24, 2.45) is 5.41 Å². The van der Waals surface area contributed by atoms with E-state index in [1.807, 2.05) is 20.8 Å². The van der Waals surface area contributed by atoms with Crippen molar-refractivity contribution in [2.45, 2.75) is 40.0 Å². The molecule has 1 atom stereocenters.